The number of nitrogens with zero attached hydrogens (tertiary/aromatic N) is 1. The Labute approximate surface area is 57.1 Å². The molecule has 0 aromatic carbocycles. The number of primary amides is 1. The second-order valence-corrected chi connectivity index (χ2v) is 1.41. The summed E-state index contributed by atoms with van der Waals surface area (Å²) in [4.78, 5) is 9.95. The average Bonchev–Trinajstić information content (AvgIpc) is 1.87. The van der Waals surface area contributed by atoms with Crippen molar-refractivity contribution in [1.29, 1.82) is 5.26 Å². The summed E-state index contributed by atoms with van der Waals surface area (Å²) in [6.45, 7) is -0.0608. The topological polar surface area (TPSA) is 78.9 Å². The van der Waals surface area contributed by atoms with Gasteiger partial charge in [0.25, 0.3) is 0 Å². The summed E-state index contributed by atoms with van der Waals surface area (Å²) < 4.78 is 11.9. The fourth-order valence-corrected chi connectivity index (χ4v) is 0.287. The minimum atomic E-state index is -0.936. The number of hydrogen-bond acceptors (Lipinski definition) is 2. The van der Waals surface area contributed by atoms with Crippen molar-refractivity contribution in [3.8, 4) is 6.07 Å². The molecule has 0 spiro atoms. The van der Waals surface area contributed by atoms with Gasteiger partial charge in [0.2, 0.25) is 0 Å². The van der Waals surface area contributed by atoms with Crippen molar-refractivity contribution in [2.24, 2.45) is 5.73 Å². The molecule has 0 aliphatic carbocycles. The van der Waals surface area contributed by atoms with E-state index >= 15 is 0 Å². The molecule has 0 bridgehead atoms. The van der Waals surface area contributed by atoms with Gasteiger partial charge < -0.3 is 11.1 Å². The lowest BCUT2D eigenvalue weighted by molar-refractivity contribution is 0.250. The molecule has 3 N–H and O–H groups in total. The Hall–Kier alpha value is -1.57. The fourth-order valence-electron chi connectivity index (χ4n) is 0.287. The van der Waals surface area contributed by atoms with Gasteiger partial charge in [-0.1, -0.05) is 0 Å². The van der Waals surface area contributed by atoms with E-state index in [0.717, 1.165) is 6.08 Å². The summed E-state index contributed by atoms with van der Waals surface area (Å²) in [5, 5.41) is 9.94. The zero-order valence-corrected chi connectivity index (χ0v) is 5.10. The molecule has 54 valence electrons. The van der Waals surface area contributed by atoms with Gasteiger partial charge in [0, 0.05) is 6.54 Å². The molecule has 0 radical (unpaired) electrons. The Bertz CT molecular complexity index is 194. The van der Waals surface area contributed by atoms with E-state index in [4.69, 9.17) is 5.26 Å². The number of nitriles is 1. The third-order valence-corrected chi connectivity index (χ3v) is 0.664. The third kappa shape index (κ3) is 4.59. The second kappa shape index (κ2) is 4.32. The minimum absolute atomic E-state index is 0.0608. The molecule has 0 rings (SSSR count). The minimum Gasteiger partial charge on any atom is -0.352 e. The van der Waals surface area contributed by atoms with Crippen LogP contribution in [-0.4, -0.2) is 12.6 Å². The molecule has 0 aliphatic heterocycles. The van der Waals surface area contributed by atoms with Crippen LogP contribution in [0.15, 0.2) is 11.9 Å². The van der Waals surface area contributed by atoms with Gasteiger partial charge in [0.05, 0.1) is 0 Å². The Balaban J connectivity index is 3.56. The second-order valence-electron chi connectivity index (χ2n) is 1.41. The highest BCUT2D eigenvalue weighted by Crippen LogP contribution is 1.89. The molecule has 0 aromatic heterocycles. The number of rotatable bonds is 2. The van der Waals surface area contributed by atoms with Crippen LogP contribution in [0.3, 0.4) is 0 Å². The summed E-state index contributed by atoms with van der Waals surface area (Å²) in [7, 11) is 0. The van der Waals surface area contributed by atoms with Crippen molar-refractivity contribution in [2.45, 2.75) is 0 Å². The Morgan fingerprint density at radius 3 is 2.90 bits per heavy atom. The Morgan fingerprint density at radius 2 is 2.50 bits per heavy atom. The first-order chi connectivity index (χ1) is 4.66. The number of carbonyl (C=O) groups excluding carboxylic acids is 1. The van der Waals surface area contributed by atoms with Crippen LogP contribution in [-0.2, 0) is 0 Å². The van der Waals surface area contributed by atoms with Gasteiger partial charge >= 0.3 is 6.03 Å². The smallest absolute Gasteiger partial charge is 0.312 e. The number of amides is 2. The number of urea groups is 1. The molecular weight excluding hydrogens is 137 g/mol. The summed E-state index contributed by atoms with van der Waals surface area (Å²) in [6, 6.07) is 0.493. The van der Waals surface area contributed by atoms with Crippen molar-refractivity contribution in [3.63, 3.8) is 0 Å². The molecule has 10 heavy (non-hydrogen) atoms. The number of nitrogens with one attached hydrogen (secondary N) is 1. The highest BCUT2D eigenvalue weighted by Gasteiger charge is 1.89. The van der Waals surface area contributed by atoms with E-state index in [1.807, 2.05) is 0 Å². The monoisotopic (exact) mass is 143 g/mol. The van der Waals surface area contributed by atoms with E-state index in [-0.39, 0.29) is 6.54 Å². The van der Waals surface area contributed by atoms with Crippen molar-refractivity contribution in [2.75, 3.05) is 6.54 Å². The van der Waals surface area contributed by atoms with Gasteiger partial charge in [-0.2, -0.15) is 9.65 Å². The highest BCUT2D eigenvalue weighted by atomic mass is 19.1. The third-order valence-electron chi connectivity index (χ3n) is 0.664. The van der Waals surface area contributed by atoms with Crippen LogP contribution in [0, 0.1) is 11.3 Å². The predicted octanol–water partition coefficient (Wildman–Crippen LogP) is 0.0317. The molecule has 0 saturated heterocycles. The van der Waals surface area contributed by atoms with Crippen molar-refractivity contribution < 1.29 is 9.18 Å². The first kappa shape index (κ1) is 8.43. The number of hydrogen-bond donors (Lipinski definition) is 2. The first-order valence-electron chi connectivity index (χ1n) is 2.46. The molecule has 0 heterocycles. The molecular formula is C5H6FN3O. The molecule has 0 unspecified atom stereocenters. The lowest BCUT2D eigenvalue weighted by Gasteiger charge is -1.92. The van der Waals surface area contributed by atoms with Gasteiger partial charge in [-0.25, -0.2) is 4.79 Å². The largest absolute Gasteiger partial charge is 0.352 e. The van der Waals surface area contributed by atoms with E-state index < -0.39 is 11.9 Å². The van der Waals surface area contributed by atoms with E-state index in [9.17, 15) is 9.18 Å². The van der Waals surface area contributed by atoms with Gasteiger partial charge in [-0.15, -0.1) is 0 Å². The fraction of sp³-hybridized carbons (Fsp3) is 0.200. The predicted molar refractivity (Wildman–Crippen MR) is 32.4 cm³/mol. The van der Waals surface area contributed by atoms with Crippen LogP contribution in [0.2, 0.25) is 0 Å². The van der Waals surface area contributed by atoms with Crippen LogP contribution < -0.4 is 11.1 Å². The average molecular weight is 143 g/mol. The lowest BCUT2D eigenvalue weighted by atomic mass is 10.5. The summed E-state index contributed by atoms with van der Waals surface area (Å²) in [5.74, 6) is -0.936. The molecule has 5 heteroatoms. The maximum absolute atomic E-state index is 11.9. The van der Waals surface area contributed by atoms with Gasteiger partial charge in [0.15, 0.2) is 5.83 Å². The van der Waals surface area contributed by atoms with Crippen molar-refractivity contribution in [3.05, 3.63) is 11.9 Å². The summed E-state index contributed by atoms with van der Waals surface area (Å²) in [6.07, 6.45) is 0.921. The maximum Gasteiger partial charge on any atom is 0.312 e. The molecule has 0 saturated carbocycles. The lowest BCUT2D eigenvalue weighted by Crippen LogP contribution is -2.29. The van der Waals surface area contributed by atoms with Gasteiger partial charge in [-0.3, -0.25) is 0 Å². The number of halogens is 1. The normalized spacial score (nSPS) is 10.2. The SMILES string of the molecule is N#C/C(F)=C/CNC(N)=O. The standard InChI is InChI=1S/C5H6FN3O/c6-4(3-7)1-2-9-5(8)10/h1H,2H2,(H3,8,9,10)/b4-1-. The van der Waals surface area contributed by atoms with Crippen LogP contribution in [0.25, 0.3) is 0 Å². The van der Waals surface area contributed by atoms with Crippen LogP contribution in [0.1, 0.15) is 0 Å². The van der Waals surface area contributed by atoms with Crippen LogP contribution in [0.4, 0.5) is 9.18 Å². The van der Waals surface area contributed by atoms with E-state index in [1.54, 1.807) is 0 Å². The Kier molecular flexibility index (Phi) is 3.64. The molecule has 0 aromatic rings. The zero-order chi connectivity index (χ0) is 7.98. The van der Waals surface area contributed by atoms with Crippen molar-refractivity contribution >= 4 is 6.03 Å². The first-order valence-corrected chi connectivity index (χ1v) is 2.46. The number of carbonyl (C=O) groups is 1. The maximum atomic E-state index is 11.9. The molecule has 2 amide bonds. The number of nitrogens with two attached hydrogens (primary N) is 1. The van der Waals surface area contributed by atoms with Gasteiger partial charge in [0.1, 0.15) is 6.07 Å². The van der Waals surface area contributed by atoms with Gasteiger partial charge in [-0.05, 0) is 6.08 Å². The van der Waals surface area contributed by atoms with E-state index in [1.165, 1.54) is 6.07 Å². The van der Waals surface area contributed by atoms with E-state index in [2.05, 4.69) is 11.1 Å². The van der Waals surface area contributed by atoms with Crippen LogP contribution in [0.5, 0.6) is 0 Å². The molecule has 0 atom stereocenters. The zero-order valence-electron chi connectivity index (χ0n) is 5.10. The van der Waals surface area contributed by atoms with E-state index in [0.29, 0.717) is 0 Å². The summed E-state index contributed by atoms with van der Waals surface area (Å²) >= 11 is 0. The summed E-state index contributed by atoms with van der Waals surface area (Å²) in [5.41, 5.74) is 4.64. The number of allylic oxidation sites excluding steroid dienone is 1. The Morgan fingerprint density at radius 1 is 1.90 bits per heavy atom. The van der Waals surface area contributed by atoms with Crippen LogP contribution >= 0.6 is 0 Å². The highest BCUT2D eigenvalue weighted by molar-refractivity contribution is 5.71. The van der Waals surface area contributed by atoms with Crippen molar-refractivity contribution in [1.82, 2.24) is 5.32 Å². The molecule has 4 nitrogen and oxygen atoms in total. The molecule has 0 fully saturated rings. The molecule has 0 aliphatic rings. The quantitative estimate of drug-likeness (QED) is 0.535.